The Morgan fingerprint density at radius 1 is 1.39 bits per heavy atom. The van der Waals surface area contributed by atoms with Gasteiger partial charge in [0, 0.05) is 36.1 Å². The number of carbonyl (C=O) groups is 1. The first kappa shape index (κ1) is 15.1. The second-order valence-electron chi connectivity index (χ2n) is 4.01. The van der Waals surface area contributed by atoms with Gasteiger partial charge in [-0.05, 0) is 18.6 Å². The van der Waals surface area contributed by atoms with E-state index in [0.29, 0.717) is 31.6 Å². The first-order valence-electron chi connectivity index (χ1n) is 6.04. The third-order valence-corrected chi connectivity index (χ3v) is 2.92. The van der Waals surface area contributed by atoms with Crippen molar-refractivity contribution in [2.45, 2.75) is 26.3 Å². The minimum atomic E-state index is -0.243. The normalized spacial score (nSPS) is 10.4. The Kier molecular flexibility index (Phi) is 6.90. The molecule has 3 nitrogen and oxygen atoms in total. The molecule has 0 radical (unpaired) electrons. The topological polar surface area (TPSA) is 41.1 Å². The predicted octanol–water partition coefficient (Wildman–Crippen LogP) is 2.59. The summed E-state index contributed by atoms with van der Waals surface area (Å²) in [6.45, 7) is 3.69. The maximum Gasteiger partial charge on any atom is 0.221 e. The minimum Gasteiger partial charge on any atom is -0.356 e. The van der Waals surface area contributed by atoms with Gasteiger partial charge >= 0.3 is 0 Å². The molecule has 0 aliphatic carbocycles. The fourth-order valence-corrected chi connectivity index (χ4v) is 1.78. The van der Waals surface area contributed by atoms with Gasteiger partial charge in [-0.2, -0.15) is 0 Å². The molecule has 0 aliphatic rings. The summed E-state index contributed by atoms with van der Waals surface area (Å²) in [6.07, 6.45) is 1.35. The van der Waals surface area contributed by atoms with E-state index in [1.165, 1.54) is 6.07 Å². The molecule has 0 heterocycles. The summed E-state index contributed by atoms with van der Waals surface area (Å²) >= 11 is 3.21. The molecule has 0 fully saturated rings. The number of hydrogen-bond acceptors (Lipinski definition) is 2. The van der Waals surface area contributed by atoms with Crippen LogP contribution in [-0.4, -0.2) is 19.0 Å². The zero-order valence-electron chi connectivity index (χ0n) is 10.4. The first-order valence-corrected chi connectivity index (χ1v) is 6.84. The van der Waals surface area contributed by atoms with E-state index in [0.717, 1.165) is 10.9 Å². The summed E-state index contributed by atoms with van der Waals surface area (Å²) in [6, 6.07) is 4.96. The van der Waals surface area contributed by atoms with E-state index in [1.54, 1.807) is 12.1 Å². The lowest BCUT2D eigenvalue weighted by Crippen LogP contribution is -2.28. The average Bonchev–Trinajstić information content (AvgIpc) is 2.34. The lowest BCUT2D eigenvalue weighted by atomic mass is 10.2. The highest BCUT2D eigenvalue weighted by molar-refractivity contribution is 9.10. The van der Waals surface area contributed by atoms with Gasteiger partial charge in [-0.15, -0.1) is 0 Å². The molecule has 18 heavy (non-hydrogen) atoms. The van der Waals surface area contributed by atoms with Crippen LogP contribution in [0.5, 0.6) is 0 Å². The highest BCUT2D eigenvalue weighted by atomic mass is 79.9. The van der Waals surface area contributed by atoms with Crippen LogP contribution in [0.1, 0.15) is 25.3 Å². The third kappa shape index (κ3) is 5.60. The summed E-state index contributed by atoms with van der Waals surface area (Å²) in [5, 5.41) is 5.84. The molecule has 5 heteroatoms. The van der Waals surface area contributed by atoms with Crippen LogP contribution >= 0.6 is 15.9 Å². The largest absolute Gasteiger partial charge is 0.356 e. The molecule has 0 saturated carbocycles. The molecular formula is C13H18BrFN2O. The van der Waals surface area contributed by atoms with Gasteiger partial charge in [0.1, 0.15) is 5.82 Å². The van der Waals surface area contributed by atoms with Gasteiger partial charge in [0.05, 0.1) is 0 Å². The van der Waals surface area contributed by atoms with Crippen LogP contribution in [0.25, 0.3) is 0 Å². The molecule has 1 aromatic carbocycles. The molecule has 0 spiro atoms. The van der Waals surface area contributed by atoms with Crippen LogP contribution in [-0.2, 0) is 11.3 Å². The molecule has 0 saturated heterocycles. The quantitative estimate of drug-likeness (QED) is 0.759. The lowest BCUT2D eigenvalue weighted by Gasteiger charge is -2.07. The number of hydrogen-bond donors (Lipinski definition) is 2. The molecular weight excluding hydrogens is 299 g/mol. The zero-order valence-corrected chi connectivity index (χ0v) is 12.0. The number of halogens is 2. The maximum absolute atomic E-state index is 13.5. The van der Waals surface area contributed by atoms with Gasteiger partial charge in [-0.3, -0.25) is 4.79 Å². The van der Waals surface area contributed by atoms with Gasteiger partial charge in [0.15, 0.2) is 0 Å². The van der Waals surface area contributed by atoms with Crippen LogP contribution < -0.4 is 10.6 Å². The van der Waals surface area contributed by atoms with E-state index < -0.39 is 0 Å². The fraction of sp³-hybridized carbons (Fsp3) is 0.462. The zero-order chi connectivity index (χ0) is 13.4. The molecule has 1 amide bonds. The predicted molar refractivity (Wildman–Crippen MR) is 73.7 cm³/mol. The number of carbonyl (C=O) groups excluding carboxylic acids is 1. The molecule has 0 atom stereocenters. The molecule has 0 unspecified atom stereocenters. The Morgan fingerprint density at radius 2 is 2.17 bits per heavy atom. The van der Waals surface area contributed by atoms with Crippen LogP contribution in [0.2, 0.25) is 0 Å². The number of amides is 1. The Bertz CT molecular complexity index is 399. The molecule has 0 bridgehead atoms. The monoisotopic (exact) mass is 316 g/mol. The van der Waals surface area contributed by atoms with E-state index in [9.17, 15) is 9.18 Å². The Hall–Kier alpha value is -0.940. The van der Waals surface area contributed by atoms with Crippen molar-refractivity contribution in [2.75, 3.05) is 13.1 Å². The van der Waals surface area contributed by atoms with Gasteiger partial charge in [0.2, 0.25) is 5.91 Å². The van der Waals surface area contributed by atoms with Crippen LogP contribution in [0, 0.1) is 5.82 Å². The summed E-state index contributed by atoms with van der Waals surface area (Å²) in [5.41, 5.74) is 0.604. The van der Waals surface area contributed by atoms with Crippen LogP contribution in [0.3, 0.4) is 0 Å². The summed E-state index contributed by atoms with van der Waals surface area (Å²) in [5.74, 6) is -0.215. The molecule has 2 N–H and O–H groups in total. The first-order chi connectivity index (χ1) is 8.63. The van der Waals surface area contributed by atoms with E-state index in [4.69, 9.17) is 0 Å². The second kappa shape index (κ2) is 8.21. The number of rotatable bonds is 7. The van der Waals surface area contributed by atoms with Gasteiger partial charge < -0.3 is 10.6 Å². The van der Waals surface area contributed by atoms with Crippen molar-refractivity contribution in [1.29, 1.82) is 0 Å². The lowest BCUT2D eigenvalue weighted by molar-refractivity contribution is -0.120. The van der Waals surface area contributed by atoms with E-state index >= 15 is 0 Å². The Balaban J connectivity index is 2.23. The fourth-order valence-electron chi connectivity index (χ4n) is 1.44. The Morgan fingerprint density at radius 3 is 2.83 bits per heavy atom. The maximum atomic E-state index is 13.5. The van der Waals surface area contributed by atoms with Crippen molar-refractivity contribution < 1.29 is 9.18 Å². The van der Waals surface area contributed by atoms with E-state index in [-0.39, 0.29) is 11.7 Å². The highest BCUT2D eigenvalue weighted by Gasteiger charge is 2.03. The van der Waals surface area contributed by atoms with Crippen LogP contribution in [0.4, 0.5) is 4.39 Å². The third-order valence-electron chi connectivity index (χ3n) is 2.43. The van der Waals surface area contributed by atoms with Gasteiger partial charge in [-0.25, -0.2) is 4.39 Å². The summed E-state index contributed by atoms with van der Waals surface area (Å²) in [4.78, 5) is 11.3. The standard InChI is InChI=1S/C13H18BrFN2O/c1-2-6-17-13(18)5-7-16-9-10-3-4-11(14)8-12(10)15/h3-4,8,16H,2,5-7,9H2,1H3,(H,17,18). The molecule has 1 rings (SSSR count). The summed E-state index contributed by atoms with van der Waals surface area (Å²) < 4.78 is 14.2. The average molecular weight is 317 g/mol. The van der Waals surface area contributed by atoms with Crippen molar-refractivity contribution >= 4 is 21.8 Å². The number of benzene rings is 1. The van der Waals surface area contributed by atoms with Crippen molar-refractivity contribution in [3.05, 3.63) is 34.1 Å². The summed E-state index contributed by atoms with van der Waals surface area (Å²) in [7, 11) is 0. The van der Waals surface area contributed by atoms with Crippen molar-refractivity contribution in [3.8, 4) is 0 Å². The minimum absolute atomic E-state index is 0.0284. The Labute approximate surface area is 115 Å². The second-order valence-corrected chi connectivity index (χ2v) is 4.93. The van der Waals surface area contributed by atoms with Crippen LogP contribution in [0.15, 0.2) is 22.7 Å². The molecule has 0 aromatic heterocycles. The van der Waals surface area contributed by atoms with Crippen molar-refractivity contribution in [1.82, 2.24) is 10.6 Å². The van der Waals surface area contributed by atoms with E-state index in [1.807, 2.05) is 6.92 Å². The van der Waals surface area contributed by atoms with E-state index in [2.05, 4.69) is 26.6 Å². The molecule has 1 aromatic rings. The van der Waals surface area contributed by atoms with Gasteiger partial charge in [0.25, 0.3) is 0 Å². The molecule has 100 valence electrons. The SMILES string of the molecule is CCCNC(=O)CCNCc1ccc(Br)cc1F. The van der Waals surface area contributed by atoms with Crippen molar-refractivity contribution in [2.24, 2.45) is 0 Å². The highest BCUT2D eigenvalue weighted by Crippen LogP contribution is 2.14. The smallest absolute Gasteiger partial charge is 0.221 e. The van der Waals surface area contributed by atoms with Crippen molar-refractivity contribution in [3.63, 3.8) is 0 Å². The number of nitrogens with one attached hydrogen (secondary N) is 2. The molecule has 0 aliphatic heterocycles. The van der Waals surface area contributed by atoms with Gasteiger partial charge in [-0.1, -0.05) is 28.9 Å².